The van der Waals surface area contributed by atoms with Crippen molar-refractivity contribution in [3.05, 3.63) is 107 Å². The van der Waals surface area contributed by atoms with Crippen molar-refractivity contribution in [1.29, 1.82) is 5.26 Å². The SMILES string of the molecule is CCCCCCCCCCCCOc1ccc(C=Nc2cccc(C(=O)Oc3ccc(N=Nc4ccc(C#N)cc4)cc3)c2C)c(O)c1. The summed E-state index contributed by atoms with van der Waals surface area (Å²) in [5.74, 6) is 0.561. The lowest BCUT2D eigenvalue weighted by Gasteiger charge is -2.09. The van der Waals surface area contributed by atoms with Gasteiger partial charge in [-0.15, -0.1) is 0 Å². The minimum Gasteiger partial charge on any atom is -0.507 e. The zero-order valence-corrected chi connectivity index (χ0v) is 27.9. The summed E-state index contributed by atoms with van der Waals surface area (Å²) in [4.78, 5) is 17.6. The van der Waals surface area contributed by atoms with E-state index in [1.807, 2.05) is 6.07 Å². The van der Waals surface area contributed by atoms with Crippen LogP contribution in [0.5, 0.6) is 17.2 Å². The molecule has 0 saturated heterocycles. The minimum absolute atomic E-state index is 0.0763. The first-order valence-corrected chi connectivity index (χ1v) is 16.8. The van der Waals surface area contributed by atoms with E-state index in [0.29, 0.717) is 57.4 Å². The summed E-state index contributed by atoms with van der Waals surface area (Å²) >= 11 is 0. The second-order valence-corrected chi connectivity index (χ2v) is 11.7. The Bertz CT molecular complexity index is 1710. The van der Waals surface area contributed by atoms with Gasteiger partial charge in [0.15, 0.2) is 0 Å². The lowest BCUT2D eigenvalue weighted by Crippen LogP contribution is -2.10. The fourth-order valence-corrected chi connectivity index (χ4v) is 5.09. The van der Waals surface area contributed by atoms with Crippen LogP contribution in [0.2, 0.25) is 0 Å². The summed E-state index contributed by atoms with van der Waals surface area (Å²) in [7, 11) is 0. The third kappa shape index (κ3) is 11.5. The molecule has 0 aliphatic carbocycles. The maximum atomic E-state index is 13.0. The van der Waals surface area contributed by atoms with Crippen molar-refractivity contribution in [2.75, 3.05) is 6.61 Å². The minimum atomic E-state index is -0.511. The number of benzene rings is 4. The van der Waals surface area contributed by atoms with Gasteiger partial charge in [-0.3, -0.25) is 4.99 Å². The number of nitriles is 1. The van der Waals surface area contributed by atoms with Crippen molar-refractivity contribution in [3.63, 3.8) is 0 Å². The van der Waals surface area contributed by atoms with Gasteiger partial charge in [-0.1, -0.05) is 70.8 Å². The number of unbranched alkanes of at least 4 members (excludes halogenated alkanes) is 9. The maximum absolute atomic E-state index is 13.0. The molecule has 0 atom stereocenters. The molecule has 48 heavy (non-hydrogen) atoms. The predicted molar refractivity (Wildman–Crippen MR) is 191 cm³/mol. The van der Waals surface area contributed by atoms with E-state index in [9.17, 15) is 9.90 Å². The molecule has 0 radical (unpaired) electrons. The van der Waals surface area contributed by atoms with Crippen molar-refractivity contribution in [3.8, 4) is 23.3 Å². The number of hydrogen-bond donors (Lipinski definition) is 1. The van der Waals surface area contributed by atoms with E-state index in [1.165, 1.54) is 51.4 Å². The molecule has 8 heteroatoms. The van der Waals surface area contributed by atoms with Gasteiger partial charge >= 0.3 is 5.97 Å². The van der Waals surface area contributed by atoms with Crippen molar-refractivity contribution in [2.24, 2.45) is 15.2 Å². The topological polar surface area (TPSA) is 117 Å². The molecular formula is C40H44N4O4. The number of esters is 1. The molecule has 0 aromatic heterocycles. The third-order valence-electron chi connectivity index (χ3n) is 7.96. The molecule has 0 amide bonds. The fraction of sp³-hybridized carbons (Fsp3) is 0.325. The Morgan fingerprint density at radius 3 is 2.02 bits per heavy atom. The van der Waals surface area contributed by atoms with Gasteiger partial charge in [0.1, 0.15) is 17.2 Å². The lowest BCUT2D eigenvalue weighted by molar-refractivity contribution is 0.0734. The highest BCUT2D eigenvalue weighted by Crippen LogP contribution is 2.27. The standard InChI is InChI=1S/C40H44N4O4/c1-3-4-5-6-7-8-9-10-11-12-26-47-36-23-18-32(39(45)27-36)29-42-38-15-13-14-37(30(38)2)40(46)48-35-24-21-34(22-25-35)44-43-33-19-16-31(28-41)17-20-33/h13-25,27,29,45H,3-12,26H2,1-2H3. The zero-order chi connectivity index (χ0) is 34.0. The third-order valence-corrected chi connectivity index (χ3v) is 7.96. The van der Waals surface area contributed by atoms with Gasteiger partial charge < -0.3 is 14.6 Å². The first-order chi connectivity index (χ1) is 23.5. The number of phenolic OH excluding ortho intramolecular Hbond substituents is 1. The smallest absolute Gasteiger partial charge is 0.343 e. The molecule has 0 aliphatic heterocycles. The van der Waals surface area contributed by atoms with Gasteiger partial charge in [0.25, 0.3) is 0 Å². The highest BCUT2D eigenvalue weighted by molar-refractivity contribution is 5.94. The zero-order valence-electron chi connectivity index (χ0n) is 27.9. The van der Waals surface area contributed by atoms with Crippen LogP contribution in [0.4, 0.5) is 17.1 Å². The number of ether oxygens (including phenoxy) is 2. The number of aromatic hydroxyl groups is 1. The molecule has 4 aromatic carbocycles. The molecule has 0 spiro atoms. The van der Waals surface area contributed by atoms with Gasteiger partial charge in [0.05, 0.1) is 40.9 Å². The second-order valence-electron chi connectivity index (χ2n) is 11.7. The Morgan fingerprint density at radius 1 is 0.792 bits per heavy atom. The van der Waals surface area contributed by atoms with Gasteiger partial charge in [-0.25, -0.2) is 4.79 Å². The van der Waals surface area contributed by atoms with E-state index in [-0.39, 0.29) is 5.75 Å². The molecule has 8 nitrogen and oxygen atoms in total. The summed E-state index contributed by atoms with van der Waals surface area (Å²) in [5.41, 5.74) is 3.94. The summed E-state index contributed by atoms with van der Waals surface area (Å²) in [6.07, 6.45) is 14.3. The second kappa shape index (κ2) is 19.4. The number of aliphatic imine (C=N–C) groups is 1. The van der Waals surface area contributed by atoms with Crippen LogP contribution in [0.25, 0.3) is 0 Å². The van der Waals surface area contributed by atoms with Crippen LogP contribution in [-0.4, -0.2) is 23.9 Å². The van der Waals surface area contributed by atoms with Crippen LogP contribution in [0.1, 0.15) is 98.2 Å². The fourth-order valence-electron chi connectivity index (χ4n) is 5.09. The molecule has 4 aromatic rings. The largest absolute Gasteiger partial charge is 0.507 e. The number of rotatable bonds is 18. The molecule has 0 fully saturated rings. The normalized spacial score (nSPS) is 11.2. The highest BCUT2D eigenvalue weighted by Gasteiger charge is 2.14. The van der Waals surface area contributed by atoms with E-state index in [1.54, 1.807) is 92.0 Å². The molecule has 0 heterocycles. The first kappa shape index (κ1) is 35.6. The number of nitrogens with zero attached hydrogens (tertiary/aromatic N) is 4. The molecule has 4 rings (SSSR count). The Kier molecular flexibility index (Phi) is 14.4. The lowest BCUT2D eigenvalue weighted by atomic mass is 10.1. The summed E-state index contributed by atoms with van der Waals surface area (Å²) in [5, 5.41) is 27.9. The molecular weight excluding hydrogens is 600 g/mol. The van der Waals surface area contributed by atoms with Gasteiger partial charge in [0, 0.05) is 17.8 Å². The maximum Gasteiger partial charge on any atom is 0.343 e. The Morgan fingerprint density at radius 2 is 1.40 bits per heavy atom. The van der Waals surface area contributed by atoms with Crippen molar-refractivity contribution < 1.29 is 19.4 Å². The molecule has 0 bridgehead atoms. The van der Waals surface area contributed by atoms with E-state index >= 15 is 0 Å². The van der Waals surface area contributed by atoms with Gasteiger partial charge in [-0.2, -0.15) is 15.5 Å². The number of carbonyl (C=O) groups excluding carboxylic acids is 1. The molecule has 248 valence electrons. The molecule has 1 N–H and O–H groups in total. The molecule has 0 saturated carbocycles. The van der Waals surface area contributed by atoms with Crippen LogP contribution in [0.15, 0.2) is 100 Å². The Labute approximate surface area is 283 Å². The quantitative estimate of drug-likeness (QED) is 0.0380. The van der Waals surface area contributed by atoms with Crippen LogP contribution >= 0.6 is 0 Å². The van der Waals surface area contributed by atoms with E-state index in [4.69, 9.17) is 14.7 Å². The van der Waals surface area contributed by atoms with E-state index in [2.05, 4.69) is 28.2 Å². The summed E-state index contributed by atoms with van der Waals surface area (Å²) in [6.45, 7) is 4.68. The molecule has 0 aliphatic rings. The van der Waals surface area contributed by atoms with Crippen LogP contribution in [0.3, 0.4) is 0 Å². The van der Waals surface area contributed by atoms with E-state index in [0.717, 1.165) is 12.8 Å². The van der Waals surface area contributed by atoms with Crippen LogP contribution in [0, 0.1) is 18.3 Å². The average Bonchev–Trinajstić information content (AvgIpc) is 3.10. The van der Waals surface area contributed by atoms with E-state index < -0.39 is 5.97 Å². The Hall–Kier alpha value is -5.29. The molecule has 0 unspecified atom stereocenters. The van der Waals surface area contributed by atoms with Crippen LogP contribution in [-0.2, 0) is 0 Å². The summed E-state index contributed by atoms with van der Waals surface area (Å²) < 4.78 is 11.5. The predicted octanol–water partition coefficient (Wildman–Crippen LogP) is 11.3. The first-order valence-electron chi connectivity index (χ1n) is 16.8. The van der Waals surface area contributed by atoms with Gasteiger partial charge in [0.2, 0.25) is 0 Å². The Balaban J connectivity index is 1.25. The number of azo groups is 1. The van der Waals surface area contributed by atoms with Crippen LogP contribution < -0.4 is 9.47 Å². The summed E-state index contributed by atoms with van der Waals surface area (Å²) in [6, 6.07) is 26.0. The number of hydrogen-bond acceptors (Lipinski definition) is 8. The van der Waals surface area contributed by atoms with Crippen molar-refractivity contribution in [1.82, 2.24) is 0 Å². The van der Waals surface area contributed by atoms with Gasteiger partial charge in [-0.05, 0) is 91.7 Å². The number of carbonyl (C=O) groups is 1. The van der Waals surface area contributed by atoms with Crippen molar-refractivity contribution in [2.45, 2.75) is 78.1 Å². The monoisotopic (exact) mass is 644 g/mol. The number of phenols is 1. The van der Waals surface area contributed by atoms with Crippen molar-refractivity contribution >= 4 is 29.2 Å². The highest BCUT2D eigenvalue weighted by atomic mass is 16.5. The average molecular weight is 645 g/mol.